The van der Waals surface area contributed by atoms with E-state index in [1.165, 1.54) is 19.3 Å². The third-order valence-electron chi connectivity index (χ3n) is 7.08. The van der Waals surface area contributed by atoms with Gasteiger partial charge >= 0.3 is 0 Å². The monoisotopic (exact) mass is 402 g/mol. The smallest absolute Gasteiger partial charge is 0.226 e. The molecular formula is C23H31ClN2O2. The lowest BCUT2D eigenvalue weighted by Gasteiger charge is -2.55. The van der Waals surface area contributed by atoms with Gasteiger partial charge in [-0.25, -0.2) is 0 Å². The molecule has 0 aromatic heterocycles. The molecule has 4 fully saturated rings. The van der Waals surface area contributed by atoms with E-state index < -0.39 is 0 Å². The number of nitrogens with one attached hydrogen (secondary N) is 2. The molecule has 0 radical (unpaired) electrons. The van der Waals surface area contributed by atoms with Gasteiger partial charge in [-0.15, -0.1) is 0 Å². The molecular weight excluding hydrogens is 372 g/mol. The van der Waals surface area contributed by atoms with Crippen LogP contribution in [0, 0.1) is 37.0 Å². The zero-order valence-corrected chi connectivity index (χ0v) is 17.7. The van der Waals surface area contributed by atoms with Crippen molar-refractivity contribution in [3.8, 4) is 0 Å². The van der Waals surface area contributed by atoms with Gasteiger partial charge in [-0.05, 0) is 93.7 Å². The van der Waals surface area contributed by atoms with E-state index in [0.717, 1.165) is 48.1 Å². The SMILES string of the molecule is Cc1cc(C)c(NC(=O)CCCNC(=O)C23CC4CC(CC(C4)C2)C3)c(Cl)c1. The lowest BCUT2D eigenvalue weighted by atomic mass is 9.49. The molecule has 28 heavy (non-hydrogen) atoms. The quantitative estimate of drug-likeness (QED) is 0.657. The first-order valence-electron chi connectivity index (χ1n) is 10.7. The Morgan fingerprint density at radius 3 is 2.25 bits per heavy atom. The Morgan fingerprint density at radius 1 is 1.07 bits per heavy atom. The van der Waals surface area contributed by atoms with Crippen molar-refractivity contribution in [1.82, 2.24) is 5.32 Å². The average Bonchev–Trinajstić information content (AvgIpc) is 2.60. The molecule has 0 spiro atoms. The summed E-state index contributed by atoms with van der Waals surface area (Å²) in [6.45, 7) is 4.49. The third-order valence-corrected chi connectivity index (χ3v) is 7.38. The molecule has 4 aliphatic rings. The van der Waals surface area contributed by atoms with Gasteiger partial charge in [0, 0.05) is 18.4 Å². The Bertz CT molecular complexity index is 731. The number of carbonyl (C=O) groups is 2. The number of hydrogen-bond donors (Lipinski definition) is 2. The molecule has 5 rings (SSSR count). The van der Waals surface area contributed by atoms with E-state index >= 15 is 0 Å². The van der Waals surface area contributed by atoms with E-state index in [1.807, 2.05) is 26.0 Å². The van der Waals surface area contributed by atoms with Crippen LogP contribution in [0.25, 0.3) is 0 Å². The Kier molecular flexibility index (Phi) is 5.43. The minimum absolute atomic E-state index is 0.0575. The number of amides is 2. The summed E-state index contributed by atoms with van der Waals surface area (Å²) in [7, 11) is 0. The zero-order valence-electron chi connectivity index (χ0n) is 16.9. The molecule has 4 nitrogen and oxygen atoms in total. The molecule has 4 bridgehead atoms. The van der Waals surface area contributed by atoms with Crippen LogP contribution in [0.15, 0.2) is 12.1 Å². The molecule has 0 aliphatic heterocycles. The lowest BCUT2D eigenvalue weighted by molar-refractivity contribution is -0.146. The second-order valence-corrected chi connectivity index (χ2v) is 9.95. The van der Waals surface area contributed by atoms with Crippen molar-refractivity contribution < 1.29 is 9.59 Å². The Hall–Kier alpha value is -1.55. The normalized spacial score (nSPS) is 30.3. The molecule has 0 unspecified atom stereocenters. The molecule has 2 N–H and O–H groups in total. The van der Waals surface area contributed by atoms with Gasteiger partial charge in [-0.3, -0.25) is 9.59 Å². The molecule has 152 valence electrons. The van der Waals surface area contributed by atoms with Gasteiger partial charge in [0.25, 0.3) is 0 Å². The second-order valence-electron chi connectivity index (χ2n) is 9.54. The summed E-state index contributed by atoms with van der Waals surface area (Å²) in [5.41, 5.74) is 2.63. The van der Waals surface area contributed by atoms with E-state index in [1.54, 1.807) is 0 Å². The molecule has 1 aromatic rings. The average molecular weight is 403 g/mol. The fourth-order valence-corrected chi connectivity index (χ4v) is 6.67. The first-order valence-corrected chi connectivity index (χ1v) is 11.1. The van der Waals surface area contributed by atoms with E-state index in [4.69, 9.17) is 11.6 Å². The van der Waals surface area contributed by atoms with Crippen LogP contribution in [0.3, 0.4) is 0 Å². The maximum atomic E-state index is 12.9. The molecule has 0 heterocycles. The highest BCUT2D eigenvalue weighted by molar-refractivity contribution is 6.34. The zero-order chi connectivity index (χ0) is 19.9. The van der Waals surface area contributed by atoms with Gasteiger partial charge in [0.1, 0.15) is 0 Å². The molecule has 4 aliphatic carbocycles. The van der Waals surface area contributed by atoms with E-state index in [9.17, 15) is 9.59 Å². The minimum atomic E-state index is -0.108. The van der Waals surface area contributed by atoms with E-state index in [2.05, 4.69) is 10.6 Å². The van der Waals surface area contributed by atoms with E-state index in [-0.39, 0.29) is 17.2 Å². The molecule has 0 atom stereocenters. The van der Waals surface area contributed by atoms with Crippen LogP contribution < -0.4 is 10.6 Å². The Labute approximate surface area is 172 Å². The molecule has 5 heteroatoms. The minimum Gasteiger partial charge on any atom is -0.356 e. The van der Waals surface area contributed by atoms with E-state index in [0.29, 0.717) is 30.1 Å². The highest BCUT2D eigenvalue weighted by Crippen LogP contribution is 2.60. The number of rotatable bonds is 6. The number of aryl methyl sites for hydroxylation is 2. The Balaban J connectivity index is 1.24. The maximum absolute atomic E-state index is 12.9. The summed E-state index contributed by atoms with van der Waals surface area (Å²) in [5, 5.41) is 6.63. The van der Waals surface area contributed by atoms with Gasteiger partial charge < -0.3 is 10.6 Å². The van der Waals surface area contributed by atoms with Crippen molar-refractivity contribution in [3.05, 3.63) is 28.3 Å². The summed E-state index contributed by atoms with van der Waals surface area (Å²) in [5.74, 6) is 2.49. The standard InChI is InChI=1S/C23H31ClN2O2/c1-14-6-15(2)21(19(24)7-14)26-20(27)4-3-5-25-22(28)23-11-16-8-17(12-23)10-18(9-16)13-23/h6-7,16-18H,3-5,8-13H2,1-2H3,(H,25,28)(H,26,27). The summed E-state index contributed by atoms with van der Waals surface area (Å²) in [6.07, 6.45) is 8.29. The van der Waals surface area contributed by atoms with Crippen molar-refractivity contribution in [2.75, 3.05) is 11.9 Å². The van der Waals surface area contributed by atoms with Crippen LogP contribution in [-0.4, -0.2) is 18.4 Å². The molecule has 0 saturated heterocycles. The largest absolute Gasteiger partial charge is 0.356 e. The third kappa shape index (κ3) is 3.94. The highest BCUT2D eigenvalue weighted by Gasteiger charge is 2.54. The van der Waals surface area contributed by atoms with Gasteiger partial charge in [-0.2, -0.15) is 0 Å². The fourth-order valence-electron chi connectivity index (χ4n) is 6.30. The van der Waals surface area contributed by atoms with Crippen LogP contribution in [0.5, 0.6) is 0 Å². The summed E-state index contributed by atoms with van der Waals surface area (Å²) in [4.78, 5) is 25.2. The number of halogens is 1. The van der Waals surface area contributed by atoms with Crippen molar-refractivity contribution in [3.63, 3.8) is 0 Å². The molecule has 2 amide bonds. The lowest BCUT2D eigenvalue weighted by Crippen LogP contribution is -2.53. The predicted molar refractivity (Wildman–Crippen MR) is 112 cm³/mol. The van der Waals surface area contributed by atoms with Gasteiger partial charge in [-0.1, -0.05) is 17.7 Å². The highest BCUT2D eigenvalue weighted by atomic mass is 35.5. The van der Waals surface area contributed by atoms with Crippen LogP contribution in [0.2, 0.25) is 5.02 Å². The van der Waals surface area contributed by atoms with Crippen molar-refractivity contribution >= 4 is 29.1 Å². The van der Waals surface area contributed by atoms with Crippen molar-refractivity contribution in [2.45, 2.75) is 65.2 Å². The summed E-state index contributed by atoms with van der Waals surface area (Å²) < 4.78 is 0. The fraction of sp³-hybridized carbons (Fsp3) is 0.652. The maximum Gasteiger partial charge on any atom is 0.226 e. The van der Waals surface area contributed by atoms with Gasteiger partial charge in [0.2, 0.25) is 11.8 Å². The molecule has 1 aromatic carbocycles. The van der Waals surface area contributed by atoms with Crippen LogP contribution in [0.1, 0.15) is 62.5 Å². The van der Waals surface area contributed by atoms with Crippen molar-refractivity contribution in [1.29, 1.82) is 0 Å². The molecule has 4 saturated carbocycles. The van der Waals surface area contributed by atoms with Crippen LogP contribution in [0.4, 0.5) is 5.69 Å². The van der Waals surface area contributed by atoms with Crippen molar-refractivity contribution in [2.24, 2.45) is 23.2 Å². The number of hydrogen-bond acceptors (Lipinski definition) is 2. The summed E-state index contributed by atoms with van der Waals surface area (Å²) in [6, 6.07) is 3.86. The van der Waals surface area contributed by atoms with Gasteiger partial charge in [0.15, 0.2) is 0 Å². The predicted octanol–water partition coefficient (Wildman–Crippen LogP) is 5.01. The topological polar surface area (TPSA) is 58.2 Å². The first kappa shape index (κ1) is 19.8. The number of carbonyl (C=O) groups excluding carboxylic acids is 2. The number of anilines is 1. The summed E-state index contributed by atoms with van der Waals surface area (Å²) >= 11 is 6.26. The van der Waals surface area contributed by atoms with Crippen LogP contribution in [-0.2, 0) is 9.59 Å². The van der Waals surface area contributed by atoms with Crippen LogP contribution >= 0.6 is 11.6 Å². The second kappa shape index (κ2) is 7.70. The van der Waals surface area contributed by atoms with Gasteiger partial charge in [0.05, 0.1) is 10.7 Å². The Morgan fingerprint density at radius 2 is 1.68 bits per heavy atom. The first-order chi connectivity index (χ1) is 13.3. The number of benzene rings is 1.